The molecule has 2 atom stereocenters. The van der Waals surface area contributed by atoms with E-state index in [2.05, 4.69) is 69.3 Å². The van der Waals surface area contributed by atoms with E-state index in [1.54, 1.807) is 0 Å². The van der Waals surface area contributed by atoms with Crippen LogP contribution in [0, 0.1) is 0 Å². The molecular formula is C19H22OS. The summed E-state index contributed by atoms with van der Waals surface area (Å²) in [7, 11) is 0. The summed E-state index contributed by atoms with van der Waals surface area (Å²) < 4.78 is 0. The van der Waals surface area contributed by atoms with Crippen LogP contribution in [-0.2, 0) is 5.41 Å². The lowest BCUT2D eigenvalue weighted by molar-refractivity contribution is 0.154. The van der Waals surface area contributed by atoms with Gasteiger partial charge in [-0.05, 0) is 28.2 Å². The summed E-state index contributed by atoms with van der Waals surface area (Å²) in [4.78, 5) is 1.31. The van der Waals surface area contributed by atoms with Crippen LogP contribution in [0.5, 0.6) is 0 Å². The molecule has 0 aliphatic carbocycles. The van der Waals surface area contributed by atoms with E-state index in [-0.39, 0.29) is 11.3 Å². The summed E-state index contributed by atoms with van der Waals surface area (Å²) in [6.45, 7) is 6.63. The smallest absolute Gasteiger partial charge is 0.0867 e. The van der Waals surface area contributed by atoms with Gasteiger partial charge in [0.1, 0.15) is 0 Å². The molecule has 1 N–H and O–H groups in total. The molecule has 1 heterocycles. The molecule has 0 amide bonds. The van der Waals surface area contributed by atoms with Crippen LogP contribution in [0.2, 0.25) is 0 Å². The van der Waals surface area contributed by atoms with Crippen molar-refractivity contribution in [1.29, 1.82) is 0 Å². The van der Waals surface area contributed by atoms with Gasteiger partial charge in [0, 0.05) is 16.6 Å². The second kappa shape index (κ2) is 5.51. The zero-order valence-electron chi connectivity index (χ0n) is 12.8. The Bertz CT molecular complexity index is 625. The van der Waals surface area contributed by atoms with Crippen molar-refractivity contribution in [3.05, 3.63) is 65.2 Å². The molecule has 2 aromatic carbocycles. The Morgan fingerprint density at radius 3 is 2.38 bits per heavy atom. The highest BCUT2D eigenvalue weighted by molar-refractivity contribution is 7.99. The highest BCUT2D eigenvalue weighted by atomic mass is 32.2. The fourth-order valence-corrected chi connectivity index (χ4v) is 4.14. The van der Waals surface area contributed by atoms with E-state index in [0.29, 0.717) is 0 Å². The van der Waals surface area contributed by atoms with E-state index in [1.165, 1.54) is 16.0 Å². The average molecular weight is 298 g/mol. The standard InChI is InChI=1S/C19H22OS/c1-19(2,3)14-10-8-13(9-11-14)18(20)16-12-21-17-7-5-4-6-15(16)17/h4-11,16,18,20H,12H2,1-3H3. The molecule has 2 heteroatoms. The van der Waals surface area contributed by atoms with Crippen molar-refractivity contribution in [3.8, 4) is 0 Å². The molecule has 2 unspecified atom stereocenters. The van der Waals surface area contributed by atoms with Gasteiger partial charge < -0.3 is 5.11 Å². The summed E-state index contributed by atoms with van der Waals surface area (Å²) in [5, 5.41) is 10.7. The summed E-state index contributed by atoms with van der Waals surface area (Å²) in [6, 6.07) is 16.9. The van der Waals surface area contributed by atoms with Gasteiger partial charge in [0.05, 0.1) is 6.10 Å². The lowest BCUT2D eigenvalue weighted by Crippen LogP contribution is -2.13. The number of aliphatic hydroxyl groups is 1. The number of rotatable bonds is 2. The molecule has 0 saturated heterocycles. The van der Waals surface area contributed by atoms with E-state index < -0.39 is 6.10 Å². The number of thioether (sulfide) groups is 1. The van der Waals surface area contributed by atoms with Crippen LogP contribution < -0.4 is 0 Å². The van der Waals surface area contributed by atoms with Crippen LogP contribution in [0.4, 0.5) is 0 Å². The molecular weight excluding hydrogens is 276 g/mol. The molecule has 0 saturated carbocycles. The van der Waals surface area contributed by atoms with Gasteiger partial charge in [-0.1, -0.05) is 63.2 Å². The lowest BCUT2D eigenvalue weighted by atomic mass is 9.85. The molecule has 1 aliphatic rings. The normalized spacial score (nSPS) is 19.3. The predicted molar refractivity (Wildman–Crippen MR) is 90.0 cm³/mol. The molecule has 3 rings (SSSR count). The van der Waals surface area contributed by atoms with E-state index in [1.807, 2.05) is 11.8 Å². The number of hydrogen-bond donors (Lipinski definition) is 1. The van der Waals surface area contributed by atoms with Crippen LogP contribution >= 0.6 is 11.8 Å². The van der Waals surface area contributed by atoms with Gasteiger partial charge in [0.2, 0.25) is 0 Å². The van der Waals surface area contributed by atoms with Crippen molar-refractivity contribution < 1.29 is 5.11 Å². The van der Waals surface area contributed by atoms with Gasteiger partial charge in [-0.25, -0.2) is 0 Å². The Labute approximate surface area is 131 Å². The number of aliphatic hydroxyl groups excluding tert-OH is 1. The van der Waals surface area contributed by atoms with E-state index in [4.69, 9.17) is 0 Å². The van der Waals surface area contributed by atoms with Crippen LogP contribution in [0.1, 0.15) is 49.5 Å². The summed E-state index contributed by atoms with van der Waals surface area (Å²) >= 11 is 1.85. The molecule has 0 fully saturated rings. The third-order valence-electron chi connectivity index (χ3n) is 4.24. The molecule has 0 bridgehead atoms. The minimum atomic E-state index is -0.421. The molecule has 0 aromatic heterocycles. The Morgan fingerprint density at radius 1 is 1.05 bits per heavy atom. The summed E-state index contributed by atoms with van der Waals surface area (Å²) in [6.07, 6.45) is -0.421. The SMILES string of the molecule is CC(C)(C)c1ccc(C(O)C2CSc3ccccc32)cc1. The van der Waals surface area contributed by atoms with E-state index in [9.17, 15) is 5.11 Å². The van der Waals surface area contributed by atoms with Gasteiger partial charge in [0.15, 0.2) is 0 Å². The maximum Gasteiger partial charge on any atom is 0.0867 e. The third-order valence-corrected chi connectivity index (χ3v) is 5.44. The fourth-order valence-electron chi connectivity index (χ4n) is 2.86. The van der Waals surface area contributed by atoms with Crippen molar-refractivity contribution in [3.63, 3.8) is 0 Å². The molecule has 110 valence electrons. The van der Waals surface area contributed by atoms with E-state index >= 15 is 0 Å². The zero-order chi connectivity index (χ0) is 15.0. The number of fused-ring (bicyclic) bond motifs is 1. The molecule has 2 aromatic rings. The van der Waals surface area contributed by atoms with Crippen LogP contribution in [0.15, 0.2) is 53.4 Å². The van der Waals surface area contributed by atoms with Gasteiger partial charge in [-0.15, -0.1) is 11.8 Å². The average Bonchev–Trinajstić information content (AvgIpc) is 2.90. The number of hydrogen-bond acceptors (Lipinski definition) is 2. The topological polar surface area (TPSA) is 20.2 Å². The second-order valence-electron chi connectivity index (χ2n) is 6.77. The summed E-state index contributed by atoms with van der Waals surface area (Å²) in [5.74, 6) is 1.16. The molecule has 1 nitrogen and oxygen atoms in total. The quantitative estimate of drug-likeness (QED) is 0.850. The van der Waals surface area contributed by atoms with Crippen molar-refractivity contribution in [2.24, 2.45) is 0 Å². The van der Waals surface area contributed by atoms with Crippen molar-refractivity contribution in [2.45, 2.75) is 43.1 Å². The van der Waals surface area contributed by atoms with Crippen LogP contribution in [0.25, 0.3) is 0 Å². The molecule has 0 radical (unpaired) electrons. The Morgan fingerprint density at radius 2 is 1.71 bits per heavy atom. The van der Waals surface area contributed by atoms with Gasteiger partial charge >= 0.3 is 0 Å². The first-order valence-electron chi connectivity index (χ1n) is 7.47. The minimum Gasteiger partial charge on any atom is -0.388 e. The van der Waals surface area contributed by atoms with Crippen LogP contribution in [0.3, 0.4) is 0 Å². The Balaban J connectivity index is 1.85. The molecule has 1 aliphatic heterocycles. The van der Waals surface area contributed by atoms with Crippen LogP contribution in [-0.4, -0.2) is 10.9 Å². The minimum absolute atomic E-state index is 0.152. The first-order valence-corrected chi connectivity index (χ1v) is 8.45. The largest absolute Gasteiger partial charge is 0.388 e. The Kier molecular flexibility index (Phi) is 3.85. The van der Waals surface area contributed by atoms with Crippen molar-refractivity contribution >= 4 is 11.8 Å². The fraction of sp³-hybridized carbons (Fsp3) is 0.368. The molecule has 21 heavy (non-hydrogen) atoms. The van der Waals surface area contributed by atoms with Gasteiger partial charge in [-0.2, -0.15) is 0 Å². The first kappa shape index (κ1) is 14.7. The monoisotopic (exact) mass is 298 g/mol. The zero-order valence-corrected chi connectivity index (χ0v) is 13.7. The third kappa shape index (κ3) is 2.88. The van der Waals surface area contributed by atoms with E-state index in [0.717, 1.165) is 11.3 Å². The summed E-state index contributed by atoms with van der Waals surface area (Å²) in [5.41, 5.74) is 3.76. The van der Waals surface area contributed by atoms with Gasteiger partial charge in [0.25, 0.3) is 0 Å². The predicted octanol–water partition coefficient (Wildman–Crippen LogP) is 4.91. The Hall–Kier alpha value is -1.25. The van der Waals surface area contributed by atoms with Gasteiger partial charge in [-0.3, -0.25) is 0 Å². The molecule has 0 spiro atoms. The lowest BCUT2D eigenvalue weighted by Gasteiger charge is -2.22. The maximum absolute atomic E-state index is 10.7. The van der Waals surface area contributed by atoms with Crippen molar-refractivity contribution in [2.75, 3.05) is 5.75 Å². The second-order valence-corrected chi connectivity index (χ2v) is 7.83. The highest BCUT2D eigenvalue weighted by Crippen LogP contribution is 2.45. The van der Waals surface area contributed by atoms with Crippen molar-refractivity contribution in [1.82, 2.24) is 0 Å². The first-order chi connectivity index (χ1) is 9.97. The highest BCUT2D eigenvalue weighted by Gasteiger charge is 2.30. The number of benzene rings is 2. The maximum atomic E-state index is 10.7.